The molecule has 2 aromatic heterocycles. The van der Waals surface area contributed by atoms with E-state index in [1.807, 2.05) is 54.2 Å². The van der Waals surface area contributed by atoms with Crippen molar-refractivity contribution in [2.24, 2.45) is 0 Å². The summed E-state index contributed by atoms with van der Waals surface area (Å²) in [4.78, 5) is 19.9. The zero-order valence-electron chi connectivity index (χ0n) is 14.4. The normalized spacial score (nSPS) is 10.6. The summed E-state index contributed by atoms with van der Waals surface area (Å²) < 4.78 is 1.88. The summed E-state index contributed by atoms with van der Waals surface area (Å²) >= 11 is 0. The minimum absolute atomic E-state index is 0.0172. The van der Waals surface area contributed by atoms with E-state index in [0.717, 1.165) is 35.5 Å². The number of hydrogen-bond acceptors (Lipinski definition) is 4. The van der Waals surface area contributed by atoms with Gasteiger partial charge in [-0.1, -0.05) is 30.3 Å². The van der Waals surface area contributed by atoms with E-state index in [-0.39, 0.29) is 5.91 Å². The smallest absolute Gasteiger partial charge is 0.216 e. The number of rotatable bonds is 6. The van der Waals surface area contributed by atoms with Gasteiger partial charge in [0, 0.05) is 37.8 Å². The first-order chi connectivity index (χ1) is 12.1. The van der Waals surface area contributed by atoms with Crippen LogP contribution in [0.4, 0.5) is 0 Å². The van der Waals surface area contributed by atoms with Gasteiger partial charge in [-0.05, 0) is 25.0 Å². The van der Waals surface area contributed by atoms with Crippen molar-refractivity contribution >= 4 is 5.91 Å². The van der Waals surface area contributed by atoms with Crippen LogP contribution in [-0.4, -0.2) is 32.2 Å². The molecule has 3 rings (SSSR count). The number of nitrogens with one attached hydrogen (secondary N) is 1. The van der Waals surface area contributed by atoms with E-state index in [2.05, 4.69) is 10.3 Å². The Hall–Kier alpha value is -3.02. The predicted molar refractivity (Wildman–Crippen MR) is 96.3 cm³/mol. The molecular weight excluding hydrogens is 314 g/mol. The third-order valence-corrected chi connectivity index (χ3v) is 3.88. The number of aryl methyl sites for hydroxylation is 2. The molecule has 25 heavy (non-hydrogen) atoms. The first kappa shape index (κ1) is 16.8. The molecular formula is C19H21N5O. The van der Waals surface area contributed by atoms with Crippen molar-refractivity contribution in [1.82, 2.24) is 25.1 Å². The number of carbonyl (C=O) groups excluding carboxylic acids is 1. The first-order valence-corrected chi connectivity index (χ1v) is 8.32. The summed E-state index contributed by atoms with van der Waals surface area (Å²) in [6.45, 7) is 4.15. The van der Waals surface area contributed by atoms with E-state index >= 15 is 0 Å². The van der Waals surface area contributed by atoms with Gasteiger partial charge in [-0.2, -0.15) is 0 Å². The molecule has 0 aliphatic carbocycles. The third-order valence-electron chi connectivity index (χ3n) is 3.88. The summed E-state index contributed by atoms with van der Waals surface area (Å²) in [6, 6.07) is 11.9. The third kappa shape index (κ3) is 4.09. The zero-order valence-corrected chi connectivity index (χ0v) is 14.4. The minimum atomic E-state index is -0.0172. The molecule has 0 aliphatic heterocycles. The largest absolute Gasteiger partial charge is 0.356 e. The number of carbonyl (C=O) groups is 1. The van der Waals surface area contributed by atoms with Crippen molar-refractivity contribution in [1.29, 1.82) is 0 Å². The topological polar surface area (TPSA) is 72.7 Å². The Bertz CT molecular complexity index is 857. The number of aromatic nitrogens is 4. The van der Waals surface area contributed by atoms with Crippen LogP contribution in [0.15, 0.2) is 48.8 Å². The maximum atomic E-state index is 11.0. The van der Waals surface area contributed by atoms with E-state index < -0.39 is 0 Å². The number of benzene rings is 1. The Labute approximate surface area is 146 Å². The van der Waals surface area contributed by atoms with Gasteiger partial charge < -0.3 is 5.32 Å². The van der Waals surface area contributed by atoms with E-state index in [1.165, 1.54) is 6.92 Å². The van der Waals surface area contributed by atoms with Gasteiger partial charge in [0.05, 0.1) is 5.69 Å². The molecule has 0 atom stereocenters. The summed E-state index contributed by atoms with van der Waals surface area (Å²) in [5.74, 6) is 1.56. The molecule has 0 aliphatic rings. The Kier molecular flexibility index (Phi) is 5.18. The molecule has 128 valence electrons. The molecule has 3 aromatic rings. The van der Waals surface area contributed by atoms with Gasteiger partial charge >= 0.3 is 0 Å². The van der Waals surface area contributed by atoms with Crippen LogP contribution < -0.4 is 5.32 Å². The van der Waals surface area contributed by atoms with Crippen molar-refractivity contribution in [3.63, 3.8) is 0 Å². The van der Waals surface area contributed by atoms with Crippen molar-refractivity contribution in [2.75, 3.05) is 6.54 Å². The number of amides is 1. The second-order valence-corrected chi connectivity index (χ2v) is 5.88. The lowest BCUT2D eigenvalue weighted by Gasteiger charge is -2.08. The van der Waals surface area contributed by atoms with Gasteiger partial charge in [0.1, 0.15) is 5.82 Å². The molecule has 6 nitrogen and oxygen atoms in total. The minimum Gasteiger partial charge on any atom is -0.356 e. The highest BCUT2D eigenvalue weighted by molar-refractivity contribution is 5.72. The van der Waals surface area contributed by atoms with Crippen LogP contribution >= 0.6 is 0 Å². The Morgan fingerprint density at radius 2 is 2.00 bits per heavy atom. The molecule has 0 bridgehead atoms. The van der Waals surface area contributed by atoms with Crippen molar-refractivity contribution in [2.45, 2.75) is 26.7 Å². The maximum Gasteiger partial charge on any atom is 0.216 e. The van der Waals surface area contributed by atoms with Crippen molar-refractivity contribution in [3.05, 3.63) is 60.2 Å². The molecule has 2 heterocycles. The number of pyridine rings is 1. The highest BCUT2D eigenvalue weighted by Crippen LogP contribution is 2.20. The van der Waals surface area contributed by atoms with Gasteiger partial charge in [0.15, 0.2) is 5.82 Å². The van der Waals surface area contributed by atoms with Crippen molar-refractivity contribution < 1.29 is 4.79 Å². The lowest BCUT2D eigenvalue weighted by Crippen LogP contribution is -2.21. The molecule has 1 aromatic carbocycles. The molecule has 0 saturated carbocycles. The highest BCUT2D eigenvalue weighted by atomic mass is 16.1. The lowest BCUT2D eigenvalue weighted by atomic mass is 10.2. The summed E-state index contributed by atoms with van der Waals surface area (Å²) in [7, 11) is 0. The highest BCUT2D eigenvalue weighted by Gasteiger charge is 2.14. The fourth-order valence-electron chi connectivity index (χ4n) is 2.62. The number of nitrogens with zero attached hydrogens (tertiary/aromatic N) is 4. The molecule has 0 fully saturated rings. The van der Waals surface area contributed by atoms with Gasteiger partial charge in [0.2, 0.25) is 5.91 Å². The fourth-order valence-corrected chi connectivity index (χ4v) is 2.62. The van der Waals surface area contributed by atoms with Gasteiger partial charge in [-0.3, -0.25) is 9.78 Å². The Morgan fingerprint density at radius 3 is 2.72 bits per heavy atom. The predicted octanol–water partition coefficient (Wildman–Crippen LogP) is 2.71. The average molecular weight is 335 g/mol. The van der Waals surface area contributed by atoms with Crippen LogP contribution in [-0.2, 0) is 11.2 Å². The molecule has 0 radical (unpaired) electrons. The SMILES string of the molecule is CC(=O)NCCCc1nc(-c2ccccc2)nn1-c1ccncc1C. The van der Waals surface area contributed by atoms with E-state index in [9.17, 15) is 4.79 Å². The van der Waals surface area contributed by atoms with Crippen molar-refractivity contribution in [3.8, 4) is 17.1 Å². The second kappa shape index (κ2) is 7.70. The molecule has 0 spiro atoms. The number of hydrogen-bond donors (Lipinski definition) is 1. The molecule has 6 heteroatoms. The van der Waals surface area contributed by atoms with Crippen LogP contribution in [0.3, 0.4) is 0 Å². The molecule has 1 N–H and O–H groups in total. The maximum absolute atomic E-state index is 11.0. The fraction of sp³-hybridized carbons (Fsp3) is 0.263. The quantitative estimate of drug-likeness (QED) is 0.703. The Balaban J connectivity index is 1.92. The summed E-state index contributed by atoms with van der Waals surface area (Å²) in [6.07, 6.45) is 5.10. The van der Waals surface area contributed by atoms with E-state index in [1.54, 1.807) is 6.20 Å². The van der Waals surface area contributed by atoms with Gasteiger partial charge in [-0.25, -0.2) is 9.67 Å². The van der Waals surface area contributed by atoms with Crippen LogP contribution in [0, 0.1) is 6.92 Å². The lowest BCUT2D eigenvalue weighted by molar-refractivity contribution is -0.118. The van der Waals surface area contributed by atoms with E-state index in [4.69, 9.17) is 10.1 Å². The standard InChI is InChI=1S/C19H21N5O/c1-14-13-20-12-10-17(14)24-18(9-6-11-21-15(2)25)22-19(23-24)16-7-4-3-5-8-16/h3-5,7-8,10,12-13H,6,9,11H2,1-2H3,(H,21,25). The van der Waals surface area contributed by atoms with Crippen LogP contribution in [0.5, 0.6) is 0 Å². The van der Waals surface area contributed by atoms with E-state index in [0.29, 0.717) is 12.4 Å². The van der Waals surface area contributed by atoms with Gasteiger partial charge in [-0.15, -0.1) is 5.10 Å². The molecule has 0 unspecified atom stereocenters. The Morgan fingerprint density at radius 1 is 1.20 bits per heavy atom. The van der Waals surface area contributed by atoms with Gasteiger partial charge in [0.25, 0.3) is 0 Å². The molecule has 1 amide bonds. The monoisotopic (exact) mass is 335 g/mol. The second-order valence-electron chi connectivity index (χ2n) is 5.88. The van der Waals surface area contributed by atoms with Crippen LogP contribution in [0.2, 0.25) is 0 Å². The van der Waals surface area contributed by atoms with Crippen LogP contribution in [0.1, 0.15) is 24.7 Å². The summed E-state index contributed by atoms with van der Waals surface area (Å²) in [5, 5.41) is 7.53. The zero-order chi connectivity index (χ0) is 17.6. The molecule has 0 saturated heterocycles. The first-order valence-electron chi connectivity index (χ1n) is 8.32. The van der Waals surface area contributed by atoms with Crippen LogP contribution in [0.25, 0.3) is 17.1 Å². The average Bonchev–Trinajstić information content (AvgIpc) is 3.04. The summed E-state index contributed by atoms with van der Waals surface area (Å²) in [5.41, 5.74) is 2.99.